The van der Waals surface area contributed by atoms with E-state index >= 15 is 0 Å². The number of carbonyl (C=O) groups is 1. The third kappa shape index (κ3) is 5.63. The van der Waals surface area contributed by atoms with Crippen LogP contribution in [0.25, 0.3) is 0 Å². The molecular formula is C23H29FN2O4S. The molecule has 6 nitrogen and oxygen atoms in total. The van der Waals surface area contributed by atoms with Crippen LogP contribution in [0.3, 0.4) is 0 Å². The molecule has 1 aliphatic heterocycles. The molecule has 1 fully saturated rings. The van der Waals surface area contributed by atoms with Crippen molar-refractivity contribution in [2.45, 2.75) is 37.5 Å². The van der Waals surface area contributed by atoms with E-state index in [4.69, 9.17) is 9.47 Å². The van der Waals surface area contributed by atoms with E-state index in [1.54, 1.807) is 30.6 Å². The van der Waals surface area contributed by atoms with Crippen LogP contribution in [0, 0.1) is 5.82 Å². The molecule has 0 radical (unpaired) electrons. The van der Waals surface area contributed by atoms with Crippen LogP contribution in [0.2, 0.25) is 0 Å². The smallest absolute Gasteiger partial charge is 0.237 e. The molecule has 0 bridgehead atoms. The van der Waals surface area contributed by atoms with E-state index < -0.39 is 6.10 Å². The molecule has 1 amide bonds. The molecule has 1 aromatic carbocycles. The Balaban J connectivity index is 1.46. The summed E-state index contributed by atoms with van der Waals surface area (Å²) in [7, 11) is 1.56. The molecule has 0 unspecified atom stereocenters. The Morgan fingerprint density at radius 1 is 1.39 bits per heavy atom. The third-order valence-corrected chi connectivity index (χ3v) is 6.82. The second-order valence-corrected chi connectivity index (χ2v) is 9.19. The number of hydrogen-bond acceptors (Lipinski definition) is 6. The van der Waals surface area contributed by atoms with Crippen molar-refractivity contribution in [2.24, 2.45) is 0 Å². The average molecular weight is 449 g/mol. The molecular weight excluding hydrogens is 419 g/mol. The highest BCUT2D eigenvalue weighted by Gasteiger charge is 2.36. The molecule has 0 saturated heterocycles. The molecule has 168 valence electrons. The lowest BCUT2D eigenvalue weighted by Gasteiger charge is -2.37. The Hall–Kier alpha value is -2.00. The van der Waals surface area contributed by atoms with Gasteiger partial charge >= 0.3 is 0 Å². The fraction of sp³-hybridized carbons (Fsp3) is 0.522. The highest BCUT2D eigenvalue weighted by Crippen LogP contribution is 2.34. The molecule has 1 aromatic heterocycles. The van der Waals surface area contributed by atoms with Gasteiger partial charge in [-0.1, -0.05) is 6.07 Å². The highest BCUT2D eigenvalue weighted by molar-refractivity contribution is 7.10. The number of methoxy groups -OCH3 is 1. The van der Waals surface area contributed by atoms with Crippen molar-refractivity contribution in [3.63, 3.8) is 0 Å². The normalized spacial score (nSPS) is 19.4. The van der Waals surface area contributed by atoms with Crippen LogP contribution in [0.5, 0.6) is 5.75 Å². The first-order chi connectivity index (χ1) is 15.0. The van der Waals surface area contributed by atoms with Gasteiger partial charge in [0.1, 0.15) is 18.2 Å². The summed E-state index contributed by atoms with van der Waals surface area (Å²) in [6, 6.07) is 8.26. The van der Waals surface area contributed by atoms with Crippen molar-refractivity contribution in [1.82, 2.24) is 9.80 Å². The topological polar surface area (TPSA) is 62.2 Å². The first-order valence-electron chi connectivity index (χ1n) is 10.7. The Bertz CT molecular complexity index is 888. The maximum Gasteiger partial charge on any atom is 0.237 e. The Labute approximate surface area is 186 Å². The van der Waals surface area contributed by atoms with Gasteiger partial charge in [0.2, 0.25) is 5.91 Å². The number of halogens is 1. The van der Waals surface area contributed by atoms with E-state index in [1.165, 1.54) is 17.0 Å². The van der Waals surface area contributed by atoms with E-state index in [-0.39, 0.29) is 37.5 Å². The van der Waals surface area contributed by atoms with Gasteiger partial charge in [0, 0.05) is 37.2 Å². The maximum atomic E-state index is 13.5. The number of fused-ring (bicyclic) bond motifs is 1. The minimum absolute atomic E-state index is 0.0289. The second kappa shape index (κ2) is 10.1. The van der Waals surface area contributed by atoms with Crippen LogP contribution in [-0.4, -0.2) is 72.9 Å². The van der Waals surface area contributed by atoms with Gasteiger partial charge in [-0.15, -0.1) is 11.3 Å². The zero-order valence-electron chi connectivity index (χ0n) is 17.7. The Morgan fingerprint density at radius 3 is 2.97 bits per heavy atom. The largest absolute Gasteiger partial charge is 0.491 e. The molecule has 0 spiro atoms. The summed E-state index contributed by atoms with van der Waals surface area (Å²) in [5, 5.41) is 12.2. The number of hydrogen-bond donors (Lipinski definition) is 1. The summed E-state index contributed by atoms with van der Waals surface area (Å²) in [6.45, 7) is 1.84. The summed E-state index contributed by atoms with van der Waals surface area (Å²) in [5.41, 5.74) is 1.11. The molecule has 1 aliphatic carbocycles. The fourth-order valence-electron chi connectivity index (χ4n) is 4.17. The number of benzene rings is 1. The number of rotatable bonds is 10. The third-order valence-electron chi connectivity index (χ3n) is 5.83. The van der Waals surface area contributed by atoms with Crippen molar-refractivity contribution in [3.8, 4) is 5.75 Å². The lowest BCUT2D eigenvalue weighted by atomic mass is 10.0. The molecule has 2 atom stereocenters. The number of aliphatic hydroxyl groups is 1. The number of aliphatic hydroxyl groups excluding tert-OH is 1. The van der Waals surface area contributed by atoms with Crippen molar-refractivity contribution in [2.75, 3.05) is 40.0 Å². The molecule has 1 saturated carbocycles. The predicted molar refractivity (Wildman–Crippen MR) is 117 cm³/mol. The van der Waals surface area contributed by atoms with Crippen LogP contribution in [0.4, 0.5) is 4.39 Å². The molecule has 2 aliphatic rings. The van der Waals surface area contributed by atoms with Gasteiger partial charge in [0.15, 0.2) is 0 Å². The van der Waals surface area contributed by atoms with Gasteiger partial charge in [-0.25, -0.2) is 4.39 Å². The van der Waals surface area contributed by atoms with Crippen LogP contribution >= 0.6 is 11.3 Å². The first kappa shape index (κ1) is 22.2. The Morgan fingerprint density at radius 2 is 2.23 bits per heavy atom. The summed E-state index contributed by atoms with van der Waals surface area (Å²) in [5.74, 6) is 0.137. The van der Waals surface area contributed by atoms with Gasteiger partial charge in [-0.05, 0) is 48.4 Å². The predicted octanol–water partition coefficient (Wildman–Crippen LogP) is 2.86. The minimum Gasteiger partial charge on any atom is -0.491 e. The van der Waals surface area contributed by atoms with Crippen molar-refractivity contribution < 1.29 is 23.8 Å². The SMILES string of the molecule is COC[C@@H](O)CN(CC(=O)N1CCc2sccc2[C@@H]1COc1cccc(F)c1)C1CC1. The summed E-state index contributed by atoms with van der Waals surface area (Å²) in [4.78, 5) is 18.6. The summed E-state index contributed by atoms with van der Waals surface area (Å²) in [6.07, 6.45) is 2.31. The van der Waals surface area contributed by atoms with E-state index in [0.717, 1.165) is 24.8 Å². The monoisotopic (exact) mass is 448 g/mol. The fourth-order valence-corrected chi connectivity index (χ4v) is 5.10. The summed E-state index contributed by atoms with van der Waals surface area (Å²) >= 11 is 1.70. The van der Waals surface area contributed by atoms with Gasteiger partial charge < -0.3 is 19.5 Å². The lowest BCUT2D eigenvalue weighted by Crippen LogP contribution is -2.48. The number of nitrogens with zero attached hydrogens (tertiary/aromatic N) is 2. The van der Waals surface area contributed by atoms with Gasteiger partial charge in [-0.3, -0.25) is 9.69 Å². The van der Waals surface area contributed by atoms with Crippen LogP contribution < -0.4 is 4.74 Å². The standard InChI is InChI=1S/C23H29FN2O4S/c1-29-14-18(27)12-25(17-5-6-17)13-23(28)26-9-7-22-20(8-10-31-22)21(26)15-30-19-4-2-3-16(24)11-19/h2-4,8,10-11,17-18,21,27H,5-7,9,12-15H2,1H3/t18-,21-/m0/s1. The van der Waals surface area contributed by atoms with Crippen molar-refractivity contribution in [1.29, 1.82) is 0 Å². The van der Waals surface area contributed by atoms with Gasteiger partial charge in [0.05, 0.1) is 25.3 Å². The molecule has 8 heteroatoms. The minimum atomic E-state index is -0.615. The zero-order valence-corrected chi connectivity index (χ0v) is 18.5. The average Bonchev–Trinajstić information content (AvgIpc) is 3.48. The maximum absolute atomic E-state index is 13.5. The van der Waals surface area contributed by atoms with E-state index in [2.05, 4.69) is 11.0 Å². The highest BCUT2D eigenvalue weighted by atomic mass is 32.1. The first-order valence-corrected chi connectivity index (χ1v) is 11.6. The molecule has 1 N–H and O–H groups in total. The Kier molecular flexibility index (Phi) is 7.22. The number of amides is 1. The van der Waals surface area contributed by atoms with Crippen molar-refractivity contribution >= 4 is 17.2 Å². The summed E-state index contributed by atoms with van der Waals surface area (Å²) < 4.78 is 24.5. The quantitative estimate of drug-likeness (QED) is 0.606. The van der Waals surface area contributed by atoms with Gasteiger partial charge in [-0.2, -0.15) is 0 Å². The molecule has 31 heavy (non-hydrogen) atoms. The number of thiophene rings is 1. The molecule has 4 rings (SSSR count). The zero-order chi connectivity index (χ0) is 21.8. The lowest BCUT2D eigenvalue weighted by molar-refractivity contribution is -0.136. The number of ether oxygens (including phenoxy) is 2. The number of carbonyl (C=O) groups excluding carboxylic acids is 1. The van der Waals surface area contributed by atoms with Crippen LogP contribution in [0.1, 0.15) is 29.3 Å². The van der Waals surface area contributed by atoms with Gasteiger partial charge in [0.25, 0.3) is 0 Å². The van der Waals surface area contributed by atoms with E-state index in [1.807, 2.05) is 10.3 Å². The van der Waals surface area contributed by atoms with Crippen LogP contribution in [-0.2, 0) is 16.0 Å². The second-order valence-electron chi connectivity index (χ2n) is 8.19. The van der Waals surface area contributed by atoms with Crippen molar-refractivity contribution in [3.05, 3.63) is 52.0 Å². The molecule has 2 heterocycles. The van der Waals surface area contributed by atoms with E-state index in [9.17, 15) is 14.3 Å². The van der Waals surface area contributed by atoms with E-state index in [0.29, 0.717) is 24.9 Å². The van der Waals surface area contributed by atoms with Crippen LogP contribution in [0.15, 0.2) is 35.7 Å². The molecule has 2 aromatic rings.